The molecule has 0 unspecified atom stereocenters. The van der Waals surface area contributed by atoms with Crippen molar-refractivity contribution in [3.63, 3.8) is 0 Å². The van der Waals surface area contributed by atoms with Gasteiger partial charge in [0.05, 0.1) is 11.1 Å². The third-order valence-electron chi connectivity index (χ3n) is 1.87. The largest absolute Gasteiger partial charge is 0.386 e. The average Bonchev–Trinajstić information content (AvgIpc) is 2.20. The molecule has 1 N–H and O–H groups in total. The van der Waals surface area contributed by atoms with E-state index in [1.807, 2.05) is 0 Å². The van der Waals surface area contributed by atoms with Crippen LogP contribution >= 0.6 is 0 Å². The summed E-state index contributed by atoms with van der Waals surface area (Å²) in [5.74, 6) is -1.23. The average molecular weight is 228 g/mol. The molecule has 0 saturated carbocycles. The van der Waals surface area contributed by atoms with Crippen molar-refractivity contribution in [3.8, 4) is 0 Å². The van der Waals surface area contributed by atoms with E-state index in [-0.39, 0.29) is 0 Å². The Labute approximate surface area is 90.7 Å². The lowest BCUT2D eigenvalue weighted by molar-refractivity contribution is -0.402. The first-order chi connectivity index (χ1) is 7.59. The molecule has 0 spiro atoms. The third kappa shape index (κ3) is 4.04. The van der Waals surface area contributed by atoms with Crippen LogP contribution in [0.2, 0.25) is 0 Å². The van der Waals surface area contributed by atoms with Crippen molar-refractivity contribution in [1.82, 2.24) is 5.32 Å². The Bertz CT molecular complexity index is 408. The van der Waals surface area contributed by atoms with Gasteiger partial charge in [-0.1, -0.05) is 6.07 Å². The molecule has 0 aromatic heterocycles. The normalized spacial score (nSPS) is 10.6. The summed E-state index contributed by atoms with van der Waals surface area (Å²) in [6, 6.07) is 3.33. The highest BCUT2D eigenvalue weighted by atomic mass is 19.1. The van der Waals surface area contributed by atoms with E-state index in [1.165, 1.54) is 18.3 Å². The summed E-state index contributed by atoms with van der Waals surface area (Å²) in [4.78, 5) is 9.30. The van der Waals surface area contributed by atoms with E-state index < -0.39 is 16.6 Å². The molecule has 1 aromatic carbocycles. The van der Waals surface area contributed by atoms with Crippen LogP contribution < -0.4 is 5.32 Å². The minimum absolute atomic E-state index is 0.328. The fourth-order valence-electron chi connectivity index (χ4n) is 1.13. The van der Waals surface area contributed by atoms with Crippen LogP contribution in [0.15, 0.2) is 30.6 Å². The SMILES string of the molecule is O=[N+]([O-])C=CNCCc1ccc(F)cc1F. The molecule has 0 atom stereocenters. The number of nitrogens with zero attached hydrogens (tertiary/aromatic N) is 1. The van der Waals surface area contributed by atoms with Gasteiger partial charge in [0.1, 0.15) is 11.6 Å². The van der Waals surface area contributed by atoms with Gasteiger partial charge in [0.25, 0.3) is 0 Å². The number of rotatable bonds is 5. The summed E-state index contributed by atoms with van der Waals surface area (Å²) in [6.07, 6.45) is 2.25. The molecule has 0 heterocycles. The van der Waals surface area contributed by atoms with Gasteiger partial charge in [0.15, 0.2) is 0 Å². The van der Waals surface area contributed by atoms with Gasteiger partial charge in [0.2, 0.25) is 6.20 Å². The van der Waals surface area contributed by atoms with Crippen LogP contribution in [0.5, 0.6) is 0 Å². The first-order valence-corrected chi connectivity index (χ1v) is 4.57. The topological polar surface area (TPSA) is 55.2 Å². The maximum absolute atomic E-state index is 13.1. The molecule has 16 heavy (non-hydrogen) atoms. The fourth-order valence-corrected chi connectivity index (χ4v) is 1.13. The van der Waals surface area contributed by atoms with Crippen molar-refractivity contribution in [2.75, 3.05) is 6.54 Å². The molecular weight excluding hydrogens is 218 g/mol. The van der Waals surface area contributed by atoms with Crippen LogP contribution in [0.4, 0.5) is 8.78 Å². The van der Waals surface area contributed by atoms with E-state index in [0.717, 1.165) is 12.3 Å². The second-order valence-electron chi connectivity index (χ2n) is 3.04. The highest BCUT2D eigenvalue weighted by Gasteiger charge is 2.02. The Morgan fingerprint density at radius 2 is 2.19 bits per heavy atom. The van der Waals surface area contributed by atoms with E-state index in [9.17, 15) is 18.9 Å². The molecule has 0 saturated heterocycles. The summed E-state index contributed by atoms with van der Waals surface area (Å²) >= 11 is 0. The molecule has 6 heteroatoms. The summed E-state index contributed by atoms with van der Waals surface area (Å²) in [7, 11) is 0. The van der Waals surface area contributed by atoms with Gasteiger partial charge in [-0.3, -0.25) is 10.1 Å². The molecule has 0 bridgehead atoms. The van der Waals surface area contributed by atoms with E-state index in [2.05, 4.69) is 5.32 Å². The smallest absolute Gasteiger partial charge is 0.249 e. The summed E-state index contributed by atoms with van der Waals surface area (Å²) in [6.45, 7) is 0.340. The fraction of sp³-hybridized carbons (Fsp3) is 0.200. The van der Waals surface area contributed by atoms with Gasteiger partial charge in [-0.15, -0.1) is 0 Å². The predicted octanol–water partition coefficient (Wildman–Crippen LogP) is 1.84. The van der Waals surface area contributed by atoms with E-state index in [1.54, 1.807) is 0 Å². The minimum Gasteiger partial charge on any atom is -0.386 e. The molecular formula is C10H10F2N2O2. The zero-order chi connectivity index (χ0) is 12.0. The summed E-state index contributed by atoms with van der Waals surface area (Å²) < 4.78 is 25.6. The molecule has 1 aromatic rings. The molecule has 1 rings (SSSR count). The van der Waals surface area contributed by atoms with Crippen molar-refractivity contribution >= 4 is 0 Å². The van der Waals surface area contributed by atoms with Crippen molar-refractivity contribution in [1.29, 1.82) is 0 Å². The number of nitrogens with one attached hydrogen (secondary N) is 1. The highest BCUT2D eigenvalue weighted by Crippen LogP contribution is 2.09. The molecule has 0 aliphatic heterocycles. The Kier molecular flexibility index (Phi) is 4.38. The van der Waals surface area contributed by atoms with E-state index in [0.29, 0.717) is 18.5 Å². The van der Waals surface area contributed by atoms with Gasteiger partial charge in [-0.05, 0) is 18.1 Å². The number of benzene rings is 1. The first kappa shape index (κ1) is 12.1. The van der Waals surface area contributed by atoms with Crippen molar-refractivity contribution in [2.24, 2.45) is 0 Å². The molecule has 86 valence electrons. The maximum Gasteiger partial charge on any atom is 0.249 e. The van der Waals surface area contributed by atoms with Crippen LogP contribution in [0, 0.1) is 21.7 Å². The van der Waals surface area contributed by atoms with Crippen LogP contribution in [-0.4, -0.2) is 11.5 Å². The van der Waals surface area contributed by atoms with Crippen LogP contribution in [-0.2, 0) is 6.42 Å². The molecule has 0 aliphatic rings. The van der Waals surface area contributed by atoms with Crippen LogP contribution in [0.3, 0.4) is 0 Å². The standard InChI is InChI=1S/C10H10F2N2O2/c11-9-2-1-8(10(12)7-9)3-4-13-5-6-14(15)16/h1-2,5-7,13H,3-4H2. The van der Waals surface area contributed by atoms with Crippen molar-refractivity contribution in [3.05, 3.63) is 57.9 Å². The Balaban J connectivity index is 2.40. The summed E-state index contributed by atoms with van der Waals surface area (Å²) in [5, 5.41) is 12.5. The molecule has 0 radical (unpaired) electrons. The van der Waals surface area contributed by atoms with Crippen molar-refractivity contribution in [2.45, 2.75) is 6.42 Å². The monoisotopic (exact) mass is 228 g/mol. The second-order valence-corrected chi connectivity index (χ2v) is 3.04. The quantitative estimate of drug-likeness (QED) is 0.475. The lowest BCUT2D eigenvalue weighted by Gasteiger charge is -2.02. The number of nitro groups is 1. The Morgan fingerprint density at radius 3 is 2.81 bits per heavy atom. The van der Waals surface area contributed by atoms with E-state index >= 15 is 0 Å². The summed E-state index contributed by atoms with van der Waals surface area (Å²) in [5.41, 5.74) is 0.364. The van der Waals surface area contributed by atoms with E-state index in [4.69, 9.17) is 0 Å². The number of halogens is 2. The van der Waals surface area contributed by atoms with Gasteiger partial charge in [-0.2, -0.15) is 0 Å². The number of hydrogen-bond donors (Lipinski definition) is 1. The van der Waals surface area contributed by atoms with Gasteiger partial charge in [-0.25, -0.2) is 8.78 Å². The van der Waals surface area contributed by atoms with Crippen LogP contribution in [0.1, 0.15) is 5.56 Å². The lowest BCUT2D eigenvalue weighted by Crippen LogP contribution is -2.11. The zero-order valence-electron chi connectivity index (χ0n) is 8.32. The lowest BCUT2D eigenvalue weighted by atomic mass is 10.1. The van der Waals surface area contributed by atoms with Gasteiger partial charge in [0, 0.05) is 12.6 Å². The minimum atomic E-state index is -0.623. The van der Waals surface area contributed by atoms with Crippen molar-refractivity contribution < 1.29 is 13.7 Å². The first-order valence-electron chi connectivity index (χ1n) is 4.57. The van der Waals surface area contributed by atoms with Gasteiger partial charge >= 0.3 is 0 Å². The third-order valence-corrected chi connectivity index (χ3v) is 1.87. The Hall–Kier alpha value is -1.98. The highest BCUT2D eigenvalue weighted by molar-refractivity contribution is 5.18. The number of hydrogen-bond acceptors (Lipinski definition) is 3. The maximum atomic E-state index is 13.1. The molecule has 0 amide bonds. The molecule has 0 fully saturated rings. The van der Waals surface area contributed by atoms with Gasteiger partial charge < -0.3 is 5.32 Å². The molecule has 0 aliphatic carbocycles. The second kappa shape index (κ2) is 5.79. The zero-order valence-corrected chi connectivity index (χ0v) is 8.32. The van der Waals surface area contributed by atoms with Crippen LogP contribution in [0.25, 0.3) is 0 Å². The Morgan fingerprint density at radius 1 is 1.44 bits per heavy atom. The predicted molar refractivity (Wildman–Crippen MR) is 54.2 cm³/mol. The molecule has 4 nitrogen and oxygen atoms in total.